The average Bonchev–Trinajstić information content (AvgIpc) is 2.53. The normalized spacial score (nSPS) is 11.0. The summed E-state index contributed by atoms with van der Waals surface area (Å²) in [7, 11) is 0. The highest BCUT2D eigenvalue weighted by Gasteiger charge is 2.00. The molecule has 0 amide bonds. The minimum atomic E-state index is -0.00115. The zero-order chi connectivity index (χ0) is 13.8. The maximum absolute atomic E-state index is 12.0. The number of aromatic nitrogens is 1. The fourth-order valence-corrected chi connectivity index (χ4v) is 2.05. The van der Waals surface area contributed by atoms with Crippen molar-refractivity contribution < 1.29 is 4.79 Å². The third kappa shape index (κ3) is 2.64. The molecule has 0 bridgehead atoms. The highest BCUT2D eigenvalue weighted by atomic mass is 16.1. The smallest absolute Gasteiger partial charge is 0.185 e. The quantitative estimate of drug-likeness (QED) is 0.523. The van der Waals surface area contributed by atoms with Crippen LogP contribution in [0.3, 0.4) is 0 Å². The molecule has 0 saturated heterocycles. The van der Waals surface area contributed by atoms with Crippen molar-refractivity contribution in [3.63, 3.8) is 0 Å². The zero-order valence-electron chi connectivity index (χ0n) is 10.9. The molecule has 2 nitrogen and oxygen atoms in total. The predicted molar refractivity (Wildman–Crippen MR) is 81.5 cm³/mol. The van der Waals surface area contributed by atoms with Crippen LogP contribution in [0, 0.1) is 0 Å². The van der Waals surface area contributed by atoms with Crippen LogP contribution in [-0.4, -0.2) is 10.8 Å². The van der Waals surface area contributed by atoms with E-state index in [0.717, 1.165) is 16.5 Å². The van der Waals surface area contributed by atoms with Crippen LogP contribution in [0.5, 0.6) is 0 Å². The van der Waals surface area contributed by atoms with Crippen molar-refractivity contribution in [2.45, 2.75) is 0 Å². The molecular weight excluding hydrogens is 246 g/mol. The highest BCUT2D eigenvalue weighted by molar-refractivity contribution is 6.06. The molecule has 3 rings (SSSR count). The number of nitrogens with zero attached hydrogens (tertiary/aromatic N) is 1. The molecule has 2 heteroatoms. The molecule has 0 aliphatic rings. The molecule has 0 N–H and O–H groups in total. The van der Waals surface area contributed by atoms with Crippen molar-refractivity contribution in [1.29, 1.82) is 0 Å². The van der Waals surface area contributed by atoms with Crippen molar-refractivity contribution in [3.05, 3.63) is 84.1 Å². The van der Waals surface area contributed by atoms with Gasteiger partial charge in [-0.2, -0.15) is 0 Å². The number of carbonyl (C=O) groups is 1. The number of hydrogen-bond acceptors (Lipinski definition) is 2. The number of carbonyl (C=O) groups excluding carboxylic acids is 1. The lowest BCUT2D eigenvalue weighted by Crippen LogP contribution is -1.92. The Balaban J connectivity index is 1.85. The molecule has 0 radical (unpaired) electrons. The second-order valence-electron chi connectivity index (χ2n) is 4.52. The van der Waals surface area contributed by atoms with Crippen molar-refractivity contribution in [1.82, 2.24) is 4.98 Å². The molecule has 1 heterocycles. The van der Waals surface area contributed by atoms with E-state index in [9.17, 15) is 4.79 Å². The first-order chi connectivity index (χ1) is 9.83. The van der Waals surface area contributed by atoms with Gasteiger partial charge >= 0.3 is 0 Å². The van der Waals surface area contributed by atoms with Crippen LogP contribution in [0.4, 0.5) is 0 Å². The van der Waals surface area contributed by atoms with Gasteiger partial charge in [-0.15, -0.1) is 0 Å². The number of benzene rings is 2. The Labute approximate surface area is 117 Å². The van der Waals surface area contributed by atoms with E-state index >= 15 is 0 Å². The number of allylic oxidation sites excluding steroid dienone is 1. The Hall–Kier alpha value is -2.74. The molecule has 20 heavy (non-hydrogen) atoms. The van der Waals surface area contributed by atoms with Gasteiger partial charge in [-0.3, -0.25) is 9.78 Å². The van der Waals surface area contributed by atoms with Gasteiger partial charge in [-0.25, -0.2) is 0 Å². The lowest BCUT2D eigenvalue weighted by Gasteiger charge is -1.98. The number of hydrogen-bond donors (Lipinski definition) is 0. The van der Waals surface area contributed by atoms with E-state index in [4.69, 9.17) is 0 Å². The number of para-hydroxylation sites is 1. The van der Waals surface area contributed by atoms with Crippen LogP contribution < -0.4 is 0 Å². The molecule has 0 spiro atoms. The monoisotopic (exact) mass is 259 g/mol. The van der Waals surface area contributed by atoms with E-state index in [1.807, 2.05) is 60.7 Å². The Bertz CT molecular complexity index is 776. The van der Waals surface area contributed by atoms with Crippen molar-refractivity contribution >= 4 is 22.8 Å². The summed E-state index contributed by atoms with van der Waals surface area (Å²) in [5, 5.41) is 1.07. The van der Waals surface area contributed by atoms with Gasteiger partial charge in [-0.05, 0) is 29.8 Å². The number of fused-ring (bicyclic) bond motifs is 1. The summed E-state index contributed by atoms with van der Waals surface area (Å²) in [4.78, 5) is 16.3. The van der Waals surface area contributed by atoms with Crippen LogP contribution in [0.25, 0.3) is 17.0 Å². The number of ketones is 1. The van der Waals surface area contributed by atoms with Gasteiger partial charge in [0, 0.05) is 17.1 Å². The highest BCUT2D eigenvalue weighted by Crippen LogP contribution is 2.14. The first-order valence-corrected chi connectivity index (χ1v) is 6.45. The topological polar surface area (TPSA) is 30.0 Å². The summed E-state index contributed by atoms with van der Waals surface area (Å²) in [6.45, 7) is 0. The van der Waals surface area contributed by atoms with Crippen LogP contribution >= 0.6 is 0 Å². The van der Waals surface area contributed by atoms with Gasteiger partial charge in [0.25, 0.3) is 0 Å². The second-order valence-corrected chi connectivity index (χ2v) is 4.52. The predicted octanol–water partition coefficient (Wildman–Crippen LogP) is 4.13. The second kappa shape index (κ2) is 5.49. The van der Waals surface area contributed by atoms with Gasteiger partial charge in [0.1, 0.15) is 0 Å². The lowest BCUT2D eigenvalue weighted by atomic mass is 10.1. The van der Waals surface area contributed by atoms with Crippen molar-refractivity contribution in [2.24, 2.45) is 0 Å². The summed E-state index contributed by atoms with van der Waals surface area (Å²) in [5.74, 6) is -0.00115. The van der Waals surface area contributed by atoms with Gasteiger partial charge in [0.15, 0.2) is 5.78 Å². The van der Waals surface area contributed by atoms with Crippen molar-refractivity contribution in [3.8, 4) is 0 Å². The molecule has 0 atom stereocenters. The largest absolute Gasteiger partial charge is 0.289 e. The van der Waals surface area contributed by atoms with Crippen molar-refractivity contribution in [2.75, 3.05) is 0 Å². The molecular formula is C18H13NO. The molecule has 2 aromatic carbocycles. The summed E-state index contributed by atoms with van der Waals surface area (Å²) in [6.07, 6.45) is 5.16. The minimum absolute atomic E-state index is 0.00115. The Morgan fingerprint density at radius 1 is 0.950 bits per heavy atom. The number of rotatable bonds is 3. The fraction of sp³-hybridized carbons (Fsp3) is 0. The van der Waals surface area contributed by atoms with E-state index < -0.39 is 0 Å². The lowest BCUT2D eigenvalue weighted by molar-refractivity contribution is 0.104. The van der Waals surface area contributed by atoms with E-state index in [1.165, 1.54) is 0 Å². The van der Waals surface area contributed by atoms with E-state index in [0.29, 0.717) is 5.56 Å². The van der Waals surface area contributed by atoms with E-state index in [2.05, 4.69) is 4.98 Å². The molecule has 96 valence electrons. The van der Waals surface area contributed by atoms with Crippen LogP contribution in [-0.2, 0) is 0 Å². The Morgan fingerprint density at radius 3 is 2.55 bits per heavy atom. The van der Waals surface area contributed by atoms with E-state index in [1.54, 1.807) is 18.3 Å². The molecule has 0 saturated carbocycles. The van der Waals surface area contributed by atoms with Gasteiger partial charge in [0.05, 0.1) is 5.52 Å². The third-order valence-corrected chi connectivity index (χ3v) is 3.10. The van der Waals surface area contributed by atoms with Crippen LogP contribution in [0.1, 0.15) is 15.9 Å². The van der Waals surface area contributed by atoms with Gasteiger partial charge in [-0.1, -0.05) is 48.5 Å². The summed E-state index contributed by atoms with van der Waals surface area (Å²) >= 11 is 0. The first kappa shape index (κ1) is 12.3. The molecule has 0 unspecified atom stereocenters. The number of pyridine rings is 1. The minimum Gasteiger partial charge on any atom is -0.289 e. The van der Waals surface area contributed by atoms with Gasteiger partial charge in [0.2, 0.25) is 0 Å². The molecule has 1 aromatic heterocycles. The average molecular weight is 259 g/mol. The molecule has 0 fully saturated rings. The summed E-state index contributed by atoms with van der Waals surface area (Å²) < 4.78 is 0. The Morgan fingerprint density at radius 2 is 1.70 bits per heavy atom. The standard InChI is InChI=1S/C18H13NO/c20-18(15-6-2-1-3-7-15)11-10-14-12-16-8-4-5-9-17(16)19-13-14/h1-13H. The fourth-order valence-electron chi connectivity index (χ4n) is 2.05. The first-order valence-electron chi connectivity index (χ1n) is 6.45. The SMILES string of the molecule is O=C(C=Cc1cnc2ccccc2c1)c1ccccc1. The van der Waals surface area contributed by atoms with E-state index in [-0.39, 0.29) is 5.78 Å². The summed E-state index contributed by atoms with van der Waals surface area (Å²) in [6, 6.07) is 19.2. The molecule has 0 aliphatic heterocycles. The molecule has 3 aromatic rings. The maximum Gasteiger partial charge on any atom is 0.185 e. The van der Waals surface area contributed by atoms with Crippen LogP contribution in [0.15, 0.2) is 72.9 Å². The molecule has 0 aliphatic carbocycles. The zero-order valence-corrected chi connectivity index (χ0v) is 10.9. The summed E-state index contributed by atoms with van der Waals surface area (Å²) in [5.41, 5.74) is 2.57. The van der Waals surface area contributed by atoms with Gasteiger partial charge < -0.3 is 0 Å². The third-order valence-electron chi connectivity index (χ3n) is 3.10. The maximum atomic E-state index is 12.0. The Kier molecular flexibility index (Phi) is 3.38. The van der Waals surface area contributed by atoms with Crippen LogP contribution in [0.2, 0.25) is 0 Å².